The topological polar surface area (TPSA) is 62.6 Å². The first-order chi connectivity index (χ1) is 12.8. The number of nitrogens with zero attached hydrogens (tertiary/aromatic N) is 1. The van der Waals surface area contributed by atoms with Crippen LogP contribution in [-0.2, 0) is 6.42 Å². The minimum atomic E-state index is -0.187. The second-order valence-electron chi connectivity index (χ2n) is 9.04. The summed E-state index contributed by atoms with van der Waals surface area (Å²) >= 11 is 0. The molecule has 0 saturated carbocycles. The van der Waals surface area contributed by atoms with E-state index in [-0.39, 0.29) is 17.1 Å². The van der Waals surface area contributed by atoms with Crippen molar-refractivity contribution in [2.45, 2.75) is 78.7 Å². The number of hydrogen-bond donors (Lipinski definition) is 1. The van der Waals surface area contributed by atoms with Crippen LogP contribution in [-0.4, -0.2) is 42.3 Å². The fourth-order valence-electron chi connectivity index (χ4n) is 4.54. The van der Waals surface area contributed by atoms with Crippen LogP contribution in [0.2, 0.25) is 0 Å². The van der Waals surface area contributed by atoms with E-state index in [9.17, 15) is 9.59 Å². The Kier molecular flexibility index (Phi) is 6.09. The summed E-state index contributed by atoms with van der Waals surface area (Å²) in [5.74, 6) is 0.913. The van der Waals surface area contributed by atoms with Gasteiger partial charge in [-0.3, -0.25) is 14.5 Å². The normalized spacial score (nSPS) is 22.5. The van der Waals surface area contributed by atoms with Gasteiger partial charge in [0, 0.05) is 31.0 Å². The van der Waals surface area contributed by atoms with E-state index in [1.807, 2.05) is 6.92 Å². The quantitative estimate of drug-likeness (QED) is 0.813. The number of Topliss-reactive ketones (excluding diaryl/α,β-unsaturated/α-hetero) is 1. The number of ketones is 1. The molecule has 0 radical (unpaired) electrons. The standard InChI is InChI=1S/C22H34N2O3/c1-5-6-10-24-11-8-7-9-16(24)14-23-21(26)20-15(2)19-17(25)12-22(3,4)13-18(19)27-20/h16H,5-14H2,1-4H3,(H,23,26). The van der Waals surface area contributed by atoms with Gasteiger partial charge in [-0.05, 0) is 44.7 Å². The van der Waals surface area contributed by atoms with Crippen LogP contribution in [0.1, 0.15) is 91.5 Å². The first-order valence-electron chi connectivity index (χ1n) is 10.5. The van der Waals surface area contributed by atoms with E-state index in [2.05, 4.69) is 31.0 Å². The van der Waals surface area contributed by atoms with E-state index in [0.717, 1.165) is 19.5 Å². The summed E-state index contributed by atoms with van der Waals surface area (Å²) in [5.41, 5.74) is 1.24. The Bertz CT molecular complexity index is 705. The predicted octanol–water partition coefficient (Wildman–Crippen LogP) is 4.13. The van der Waals surface area contributed by atoms with Crippen molar-refractivity contribution in [2.24, 2.45) is 5.41 Å². The van der Waals surface area contributed by atoms with Crippen LogP contribution >= 0.6 is 0 Å². The van der Waals surface area contributed by atoms with Gasteiger partial charge < -0.3 is 9.73 Å². The highest BCUT2D eigenvalue weighted by Gasteiger charge is 2.37. The van der Waals surface area contributed by atoms with E-state index < -0.39 is 0 Å². The van der Waals surface area contributed by atoms with Gasteiger partial charge in [0.2, 0.25) is 0 Å². The molecule has 2 heterocycles. The highest BCUT2D eigenvalue weighted by molar-refractivity contribution is 6.03. The highest BCUT2D eigenvalue weighted by Crippen LogP contribution is 2.38. The van der Waals surface area contributed by atoms with Crippen molar-refractivity contribution in [1.29, 1.82) is 0 Å². The van der Waals surface area contributed by atoms with Crippen molar-refractivity contribution < 1.29 is 14.0 Å². The van der Waals surface area contributed by atoms with Crippen LogP contribution in [0, 0.1) is 12.3 Å². The summed E-state index contributed by atoms with van der Waals surface area (Å²) in [4.78, 5) is 27.8. The Balaban J connectivity index is 1.67. The molecule has 1 saturated heterocycles. The summed E-state index contributed by atoms with van der Waals surface area (Å²) in [6, 6.07) is 0.403. The van der Waals surface area contributed by atoms with Gasteiger partial charge in [-0.2, -0.15) is 0 Å². The molecule has 3 rings (SSSR count). The number of amides is 1. The molecular weight excluding hydrogens is 340 g/mol. The number of rotatable bonds is 6. The van der Waals surface area contributed by atoms with Crippen molar-refractivity contribution in [1.82, 2.24) is 10.2 Å². The van der Waals surface area contributed by atoms with Crippen LogP contribution in [0.5, 0.6) is 0 Å². The number of furan rings is 1. The maximum absolute atomic E-state index is 12.8. The lowest BCUT2D eigenvalue weighted by Crippen LogP contribution is -2.47. The average molecular weight is 375 g/mol. The predicted molar refractivity (Wildman–Crippen MR) is 106 cm³/mol. The van der Waals surface area contributed by atoms with Gasteiger partial charge in [0.15, 0.2) is 11.5 Å². The lowest BCUT2D eigenvalue weighted by molar-refractivity contribution is 0.0869. The lowest BCUT2D eigenvalue weighted by Gasteiger charge is -2.35. The number of likely N-dealkylation sites (tertiary alicyclic amines) is 1. The molecule has 0 bridgehead atoms. The molecule has 2 aliphatic rings. The smallest absolute Gasteiger partial charge is 0.287 e. The number of nitrogens with one attached hydrogen (secondary N) is 1. The second kappa shape index (κ2) is 8.17. The summed E-state index contributed by atoms with van der Waals surface area (Å²) in [6.45, 7) is 11.1. The number of carbonyl (C=O) groups is 2. The monoisotopic (exact) mass is 374 g/mol. The zero-order valence-corrected chi connectivity index (χ0v) is 17.3. The SMILES string of the molecule is CCCCN1CCCCC1CNC(=O)c1oc2c(c1C)C(=O)CC(C)(C)C2. The minimum absolute atomic E-state index is 0.0968. The van der Waals surface area contributed by atoms with E-state index in [0.29, 0.717) is 48.1 Å². The molecule has 1 N–H and O–H groups in total. The number of carbonyl (C=O) groups excluding carboxylic acids is 2. The van der Waals surface area contributed by atoms with Crippen molar-refractivity contribution >= 4 is 11.7 Å². The lowest BCUT2D eigenvalue weighted by atomic mass is 9.76. The first kappa shape index (κ1) is 20.1. The molecule has 0 aromatic carbocycles. The third-order valence-corrected chi connectivity index (χ3v) is 6.03. The van der Waals surface area contributed by atoms with Gasteiger partial charge in [0.25, 0.3) is 5.91 Å². The minimum Gasteiger partial charge on any atom is -0.455 e. The maximum Gasteiger partial charge on any atom is 0.287 e. The number of hydrogen-bond acceptors (Lipinski definition) is 4. The van der Waals surface area contributed by atoms with Gasteiger partial charge in [-0.15, -0.1) is 0 Å². The molecule has 1 amide bonds. The number of piperidine rings is 1. The molecule has 0 spiro atoms. The van der Waals surface area contributed by atoms with E-state index >= 15 is 0 Å². The third-order valence-electron chi connectivity index (χ3n) is 6.03. The fraction of sp³-hybridized carbons (Fsp3) is 0.727. The summed E-state index contributed by atoms with van der Waals surface area (Å²) < 4.78 is 5.89. The van der Waals surface area contributed by atoms with Crippen LogP contribution in [0.25, 0.3) is 0 Å². The Hall–Kier alpha value is -1.62. The maximum atomic E-state index is 12.8. The summed E-state index contributed by atoms with van der Waals surface area (Å²) in [6.07, 6.45) is 7.20. The Morgan fingerprint density at radius 2 is 2.07 bits per heavy atom. The fourth-order valence-corrected chi connectivity index (χ4v) is 4.54. The molecule has 5 nitrogen and oxygen atoms in total. The van der Waals surface area contributed by atoms with Gasteiger partial charge in [-0.25, -0.2) is 0 Å². The van der Waals surface area contributed by atoms with Gasteiger partial charge in [0.1, 0.15) is 5.76 Å². The van der Waals surface area contributed by atoms with Crippen molar-refractivity contribution in [3.05, 3.63) is 22.6 Å². The molecule has 1 aliphatic heterocycles. The number of fused-ring (bicyclic) bond motifs is 1. The van der Waals surface area contributed by atoms with Crippen LogP contribution in [0.3, 0.4) is 0 Å². The van der Waals surface area contributed by atoms with Gasteiger partial charge in [-0.1, -0.05) is 33.6 Å². The Morgan fingerprint density at radius 1 is 1.30 bits per heavy atom. The van der Waals surface area contributed by atoms with Crippen LogP contribution < -0.4 is 5.32 Å². The molecule has 1 aromatic heterocycles. The first-order valence-corrected chi connectivity index (χ1v) is 10.5. The molecule has 1 fully saturated rings. The third kappa shape index (κ3) is 4.45. The van der Waals surface area contributed by atoms with Crippen molar-refractivity contribution in [3.63, 3.8) is 0 Å². The van der Waals surface area contributed by atoms with Crippen molar-refractivity contribution in [2.75, 3.05) is 19.6 Å². The molecule has 1 aromatic rings. The zero-order chi connectivity index (χ0) is 19.6. The van der Waals surface area contributed by atoms with Gasteiger partial charge >= 0.3 is 0 Å². The van der Waals surface area contributed by atoms with Crippen molar-refractivity contribution in [3.8, 4) is 0 Å². The molecule has 27 heavy (non-hydrogen) atoms. The van der Waals surface area contributed by atoms with E-state index in [1.54, 1.807) is 0 Å². The van der Waals surface area contributed by atoms with Crippen LogP contribution in [0.15, 0.2) is 4.42 Å². The van der Waals surface area contributed by atoms with Gasteiger partial charge in [0.05, 0.1) is 5.56 Å². The molecular formula is C22H34N2O3. The molecule has 5 heteroatoms. The van der Waals surface area contributed by atoms with E-state index in [4.69, 9.17) is 4.42 Å². The van der Waals surface area contributed by atoms with Crippen LogP contribution in [0.4, 0.5) is 0 Å². The molecule has 1 aliphatic carbocycles. The van der Waals surface area contributed by atoms with E-state index in [1.165, 1.54) is 25.7 Å². The zero-order valence-electron chi connectivity index (χ0n) is 17.3. The largest absolute Gasteiger partial charge is 0.455 e. The number of unbranched alkanes of at least 4 members (excludes halogenated alkanes) is 1. The summed E-state index contributed by atoms with van der Waals surface area (Å²) in [7, 11) is 0. The average Bonchev–Trinajstić information content (AvgIpc) is 2.93. The Morgan fingerprint density at radius 3 is 2.81 bits per heavy atom. The highest BCUT2D eigenvalue weighted by atomic mass is 16.4. The Labute approximate surface area is 162 Å². The summed E-state index contributed by atoms with van der Waals surface area (Å²) in [5, 5.41) is 3.07. The second-order valence-corrected chi connectivity index (χ2v) is 9.04. The molecule has 1 unspecified atom stereocenters. The molecule has 1 atom stereocenters. The molecule has 150 valence electrons.